The average Bonchev–Trinajstić information content (AvgIpc) is 2.54. The van der Waals surface area contributed by atoms with Crippen molar-refractivity contribution in [2.45, 2.75) is 17.7 Å². The molecule has 4 nitrogen and oxygen atoms in total. The van der Waals surface area contributed by atoms with Crippen LogP contribution >= 0.6 is 24.0 Å². The summed E-state index contributed by atoms with van der Waals surface area (Å²) in [7, 11) is -3.54. The molecule has 0 amide bonds. The summed E-state index contributed by atoms with van der Waals surface area (Å²) in [4.78, 5) is 0.288. The quantitative estimate of drug-likeness (QED) is 0.863. The second-order valence-electron chi connectivity index (χ2n) is 5.66. The van der Waals surface area contributed by atoms with Crippen molar-refractivity contribution in [2.75, 3.05) is 19.6 Å². The van der Waals surface area contributed by atoms with E-state index < -0.39 is 10.0 Å². The third kappa shape index (κ3) is 4.17. The molecule has 1 heterocycles. The molecule has 2 aromatic rings. The SMILES string of the molecule is Cl.O=S(=O)(NCC1CCCNC1)c1ccc(Cl)c2ccccc12. The van der Waals surface area contributed by atoms with E-state index >= 15 is 0 Å². The molecule has 7 heteroatoms. The fourth-order valence-corrected chi connectivity index (χ4v) is 4.43. The first-order valence-electron chi connectivity index (χ1n) is 7.45. The van der Waals surface area contributed by atoms with Gasteiger partial charge in [-0.05, 0) is 44.0 Å². The lowest BCUT2D eigenvalue weighted by Crippen LogP contribution is -2.38. The van der Waals surface area contributed by atoms with E-state index in [-0.39, 0.29) is 17.3 Å². The van der Waals surface area contributed by atoms with Gasteiger partial charge < -0.3 is 5.32 Å². The zero-order valence-electron chi connectivity index (χ0n) is 12.6. The highest BCUT2D eigenvalue weighted by atomic mass is 35.5. The van der Waals surface area contributed by atoms with Crippen LogP contribution < -0.4 is 10.0 Å². The van der Waals surface area contributed by atoms with Crippen molar-refractivity contribution in [3.05, 3.63) is 41.4 Å². The molecule has 0 aliphatic carbocycles. The maximum absolute atomic E-state index is 12.6. The predicted octanol–water partition coefficient (Wildman–Crippen LogP) is 3.19. The zero-order chi connectivity index (χ0) is 15.6. The highest BCUT2D eigenvalue weighted by Gasteiger charge is 2.21. The van der Waals surface area contributed by atoms with Crippen molar-refractivity contribution in [2.24, 2.45) is 5.92 Å². The van der Waals surface area contributed by atoms with Gasteiger partial charge in [0.2, 0.25) is 10.0 Å². The van der Waals surface area contributed by atoms with Gasteiger partial charge in [-0.1, -0.05) is 35.9 Å². The first kappa shape index (κ1) is 18.5. The number of fused-ring (bicyclic) bond motifs is 1. The van der Waals surface area contributed by atoms with Crippen LogP contribution in [0.5, 0.6) is 0 Å². The molecule has 1 fully saturated rings. The summed E-state index contributed by atoms with van der Waals surface area (Å²) in [5.41, 5.74) is 0. The highest BCUT2D eigenvalue weighted by Crippen LogP contribution is 2.29. The van der Waals surface area contributed by atoms with Crippen molar-refractivity contribution in [3.8, 4) is 0 Å². The summed E-state index contributed by atoms with van der Waals surface area (Å²) < 4.78 is 28.0. The van der Waals surface area contributed by atoms with Crippen LogP contribution in [0.3, 0.4) is 0 Å². The third-order valence-electron chi connectivity index (χ3n) is 4.08. The summed E-state index contributed by atoms with van der Waals surface area (Å²) in [6.45, 7) is 2.35. The molecular formula is C16H20Cl2N2O2S. The Morgan fingerprint density at radius 2 is 1.91 bits per heavy atom. The largest absolute Gasteiger partial charge is 0.316 e. The number of benzene rings is 2. The Morgan fingerprint density at radius 1 is 1.17 bits per heavy atom. The molecular weight excluding hydrogens is 355 g/mol. The molecule has 1 atom stereocenters. The van der Waals surface area contributed by atoms with Crippen LogP contribution in [0.4, 0.5) is 0 Å². The lowest BCUT2D eigenvalue weighted by molar-refractivity contribution is 0.376. The molecule has 23 heavy (non-hydrogen) atoms. The fourth-order valence-electron chi connectivity index (χ4n) is 2.87. The molecule has 0 radical (unpaired) electrons. The number of hydrogen-bond acceptors (Lipinski definition) is 3. The van der Waals surface area contributed by atoms with Crippen molar-refractivity contribution in [1.82, 2.24) is 10.0 Å². The number of piperidine rings is 1. The van der Waals surface area contributed by atoms with E-state index in [1.54, 1.807) is 18.2 Å². The van der Waals surface area contributed by atoms with Crippen LogP contribution in [0.25, 0.3) is 10.8 Å². The molecule has 0 spiro atoms. The van der Waals surface area contributed by atoms with E-state index in [2.05, 4.69) is 10.0 Å². The zero-order valence-corrected chi connectivity index (χ0v) is 15.0. The van der Waals surface area contributed by atoms with Crippen LogP contribution in [0.2, 0.25) is 5.02 Å². The monoisotopic (exact) mass is 374 g/mol. The lowest BCUT2D eigenvalue weighted by atomic mass is 10.0. The maximum atomic E-state index is 12.6. The van der Waals surface area contributed by atoms with Crippen LogP contribution in [0, 0.1) is 5.92 Å². The molecule has 2 N–H and O–H groups in total. The standard InChI is InChI=1S/C16H19ClN2O2S.ClH/c17-15-7-8-16(14-6-2-1-5-13(14)15)22(20,21)19-11-12-4-3-9-18-10-12;/h1-2,5-8,12,18-19H,3-4,9-11H2;1H. The van der Waals surface area contributed by atoms with Gasteiger partial charge in [0, 0.05) is 22.3 Å². The van der Waals surface area contributed by atoms with E-state index in [1.165, 1.54) is 0 Å². The molecule has 0 saturated carbocycles. The first-order valence-corrected chi connectivity index (χ1v) is 9.32. The lowest BCUT2D eigenvalue weighted by Gasteiger charge is -2.23. The van der Waals surface area contributed by atoms with Crippen molar-refractivity contribution < 1.29 is 8.42 Å². The summed E-state index contributed by atoms with van der Waals surface area (Å²) in [5, 5.41) is 5.27. The predicted molar refractivity (Wildman–Crippen MR) is 97.0 cm³/mol. The van der Waals surface area contributed by atoms with Crippen molar-refractivity contribution in [3.63, 3.8) is 0 Å². The van der Waals surface area contributed by atoms with Gasteiger partial charge in [-0.3, -0.25) is 0 Å². The summed E-state index contributed by atoms with van der Waals surface area (Å²) in [5.74, 6) is 0.349. The van der Waals surface area contributed by atoms with E-state index in [0.717, 1.165) is 31.3 Å². The molecule has 1 aliphatic heterocycles. The Hall–Kier alpha value is -0.850. The Labute approximate surface area is 148 Å². The molecule has 1 saturated heterocycles. The van der Waals surface area contributed by atoms with E-state index in [9.17, 15) is 8.42 Å². The Morgan fingerprint density at radius 3 is 2.61 bits per heavy atom. The highest BCUT2D eigenvalue weighted by molar-refractivity contribution is 7.89. The number of hydrogen-bond donors (Lipinski definition) is 2. The second kappa shape index (κ2) is 7.81. The third-order valence-corrected chi connectivity index (χ3v) is 5.89. The molecule has 0 aromatic heterocycles. The molecule has 1 aliphatic rings. The van der Waals surface area contributed by atoms with Crippen molar-refractivity contribution >= 4 is 44.8 Å². The Bertz CT molecular complexity index is 775. The minimum Gasteiger partial charge on any atom is -0.316 e. The smallest absolute Gasteiger partial charge is 0.241 e. The summed E-state index contributed by atoms with van der Waals surface area (Å²) in [6.07, 6.45) is 2.15. The molecule has 3 rings (SSSR count). The normalized spacial score (nSPS) is 18.6. The van der Waals surface area contributed by atoms with Gasteiger partial charge in [0.25, 0.3) is 0 Å². The number of nitrogens with one attached hydrogen (secondary N) is 2. The minimum atomic E-state index is -3.54. The number of sulfonamides is 1. The van der Waals surface area contributed by atoms with E-state index in [4.69, 9.17) is 11.6 Å². The molecule has 1 unspecified atom stereocenters. The van der Waals surface area contributed by atoms with E-state index in [0.29, 0.717) is 22.9 Å². The van der Waals surface area contributed by atoms with Gasteiger partial charge in [0.1, 0.15) is 0 Å². The summed E-state index contributed by atoms with van der Waals surface area (Å²) in [6, 6.07) is 10.5. The fraction of sp³-hybridized carbons (Fsp3) is 0.375. The maximum Gasteiger partial charge on any atom is 0.241 e. The van der Waals surface area contributed by atoms with Crippen LogP contribution in [-0.2, 0) is 10.0 Å². The van der Waals surface area contributed by atoms with Crippen LogP contribution in [-0.4, -0.2) is 28.1 Å². The minimum absolute atomic E-state index is 0. The summed E-state index contributed by atoms with van der Waals surface area (Å²) >= 11 is 6.15. The topological polar surface area (TPSA) is 58.2 Å². The molecule has 2 aromatic carbocycles. The Balaban J connectivity index is 0.00000192. The molecule has 126 valence electrons. The van der Waals surface area contributed by atoms with Crippen LogP contribution in [0.15, 0.2) is 41.3 Å². The molecule has 0 bridgehead atoms. The van der Waals surface area contributed by atoms with Gasteiger partial charge in [-0.15, -0.1) is 12.4 Å². The number of rotatable bonds is 4. The van der Waals surface area contributed by atoms with Crippen molar-refractivity contribution in [1.29, 1.82) is 0 Å². The first-order chi connectivity index (χ1) is 10.6. The Kier molecular flexibility index (Phi) is 6.28. The van der Waals surface area contributed by atoms with Gasteiger partial charge >= 0.3 is 0 Å². The van der Waals surface area contributed by atoms with Crippen LogP contribution in [0.1, 0.15) is 12.8 Å². The van der Waals surface area contributed by atoms with E-state index in [1.807, 2.05) is 18.2 Å². The second-order valence-corrected chi connectivity index (χ2v) is 7.80. The van der Waals surface area contributed by atoms with Gasteiger partial charge in [0.05, 0.1) is 4.90 Å². The van der Waals surface area contributed by atoms with Gasteiger partial charge in [-0.2, -0.15) is 0 Å². The average molecular weight is 375 g/mol. The van der Waals surface area contributed by atoms with Gasteiger partial charge in [-0.25, -0.2) is 13.1 Å². The van der Waals surface area contributed by atoms with Gasteiger partial charge in [0.15, 0.2) is 0 Å². The number of halogens is 2.